The number of nitrogens with zero attached hydrogens (tertiary/aromatic N) is 6. The predicted octanol–water partition coefficient (Wildman–Crippen LogP) is 12.6. The van der Waals surface area contributed by atoms with E-state index < -0.39 is 75.1 Å². The van der Waals surface area contributed by atoms with Gasteiger partial charge in [0.25, 0.3) is 0 Å². The van der Waals surface area contributed by atoms with Gasteiger partial charge in [0.1, 0.15) is 22.6 Å². The van der Waals surface area contributed by atoms with Gasteiger partial charge in [-0.3, -0.25) is 0 Å². The van der Waals surface area contributed by atoms with Crippen LogP contribution >= 0.6 is 0 Å². The zero-order valence-electron chi connectivity index (χ0n) is 33.8. The summed E-state index contributed by atoms with van der Waals surface area (Å²) in [5, 5.41) is 0.0584. The third kappa shape index (κ3) is 8.52. The van der Waals surface area contributed by atoms with Crippen LogP contribution in [0.5, 0.6) is 0 Å². The van der Waals surface area contributed by atoms with Crippen molar-refractivity contribution in [2.75, 3.05) is 0 Å². The van der Waals surface area contributed by atoms with Gasteiger partial charge in [0, 0.05) is 69.5 Å². The molecule has 7 aromatic rings. The standard InChI is InChI=1S/C44H26F16N8/c45-37(46)41(53,54)13-17-1-5-21-25(9-17)33-61-29(21)65-34-26-10-18(14-42(55,56)38(47)48)2-6-22(26)31(62-34)67-36-28-12-20(16-44(59,60)40(51)52)4-8-24(28)32(64-36)68-35-27-11-19(15-43(57,58)39(49)50)3-7-23(27)30(63-35)66-33/h1-12,37-40H,13-16H2,(H2,61,62,63,64,65,66,67,68). The largest absolute Gasteiger partial charge is 0.324 e. The summed E-state index contributed by atoms with van der Waals surface area (Å²) in [7, 11) is 0. The summed E-state index contributed by atoms with van der Waals surface area (Å²) in [4.78, 5) is 32.9. The normalized spacial score (nSPS) is 13.5. The van der Waals surface area contributed by atoms with Crippen molar-refractivity contribution in [2.45, 2.75) is 75.1 Å². The Morgan fingerprint density at radius 3 is 0.897 bits per heavy atom. The Labute approximate surface area is 369 Å². The minimum absolute atomic E-state index is 0.0377. The van der Waals surface area contributed by atoms with E-state index in [-0.39, 0.29) is 112 Å². The summed E-state index contributed by atoms with van der Waals surface area (Å²) < 4.78 is 221. The molecule has 0 atom stereocenters. The Bertz CT molecular complexity index is 3090. The van der Waals surface area contributed by atoms with Gasteiger partial charge < -0.3 is 9.97 Å². The van der Waals surface area contributed by atoms with Crippen LogP contribution in [0.25, 0.3) is 89.7 Å². The molecule has 2 aliphatic rings. The topological polar surface area (TPSA) is 109 Å². The zero-order chi connectivity index (χ0) is 48.8. The Kier molecular flexibility index (Phi) is 11.2. The van der Waals surface area contributed by atoms with Gasteiger partial charge in [-0.2, -0.15) is 35.1 Å². The van der Waals surface area contributed by atoms with E-state index in [0.717, 1.165) is 48.5 Å². The smallest absolute Gasteiger partial charge is 0.311 e. The molecule has 0 spiro atoms. The lowest BCUT2D eigenvalue weighted by Crippen LogP contribution is -2.29. The molecule has 0 fully saturated rings. The number of alkyl halides is 16. The Morgan fingerprint density at radius 2 is 0.588 bits per heavy atom. The molecule has 5 heterocycles. The number of aromatic nitrogens is 8. The van der Waals surface area contributed by atoms with Crippen LogP contribution in [-0.4, -0.2) is 89.3 Å². The van der Waals surface area contributed by atoms with E-state index in [9.17, 15) is 70.2 Å². The molecular weight excluding hydrogens is 945 g/mol. The van der Waals surface area contributed by atoms with Gasteiger partial charge in [-0.05, 0) is 46.5 Å². The maximum absolute atomic E-state index is 14.4. The molecule has 2 aliphatic heterocycles. The Morgan fingerprint density at radius 1 is 0.324 bits per heavy atom. The second kappa shape index (κ2) is 16.4. The molecule has 8 bridgehead atoms. The average Bonchev–Trinajstić information content (AvgIpc) is 3.97. The summed E-state index contributed by atoms with van der Waals surface area (Å²) in [5.41, 5.74) is -2.13. The molecule has 68 heavy (non-hydrogen) atoms. The van der Waals surface area contributed by atoms with Crippen molar-refractivity contribution in [1.29, 1.82) is 0 Å². The van der Waals surface area contributed by atoms with Crippen LogP contribution < -0.4 is 0 Å². The fourth-order valence-corrected chi connectivity index (χ4v) is 7.82. The maximum Gasteiger partial charge on any atom is 0.311 e. The van der Waals surface area contributed by atoms with E-state index in [0.29, 0.717) is 0 Å². The van der Waals surface area contributed by atoms with Gasteiger partial charge >= 0.3 is 49.4 Å². The molecule has 2 N–H and O–H groups in total. The van der Waals surface area contributed by atoms with E-state index in [4.69, 9.17) is 0 Å². The van der Waals surface area contributed by atoms with Crippen molar-refractivity contribution < 1.29 is 70.2 Å². The van der Waals surface area contributed by atoms with E-state index in [1.165, 1.54) is 24.3 Å². The first-order valence-corrected chi connectivity index (χ1v) is 19.9. The minimum atomic E-state index is -4.49. The van der Waals surface area contributed by atoms with Crippen molar-refractivity contribution in [2.24, 2.45) is 0 Å². The van der Waals surface area contributed by atoms with Crippen LogP contribution in [0.15, 0.2) is 72.8 Å². The fourth-order valence-electron chi connectivity index (χ4n) is 7.82. The molecule has 0 aliphatic carbocycles. The van der Waals surface area contributed by atoms with Gasteiger partial charge in [0.05, 0.1) is 0 Å². The van der Waals surface area contributed by atoms with Crippen LogP contribution in [0.1, 0.15) is 22.3 Å². The monoisotopic (exact) mass is 970 g/mol. The number of halogens is 16. The van der Waals surface area contributed by atoms with Crippen LogP contribution in [0, 0.1) is 0 Å². The summed E-state index contributed by atoms with van der Waals surface area (Å²) in [5.74, 6) is -19.1. The minimum Gasteiger partial charge on any atom is -0.324 e. The summed E-state index contributed by atoms with van der Waals surface area (Å²) in [6, 6.07) is 13.5. The molecule has 0 saturated carbocycles. The van der Waals surface area contributed by atoms with Crippen LogP contribution in [0.2, 0.25) is 0 Å². The highest BCUT2D eigenvalue weighted by atomic mass is 19.3. The lowest BCUT2D eigenvalue weighted by molar-refractivity contribution is -0.127. The van der Waals surface area contributed by atoms with Crippen molar-refractivity contribution in [3.8, 4) is 45.6 Å². The lowest BCUT2D eigenvalue weighted by Gasteiger charge is -2.15. The lowest BCUT2D eigenvalue weighted by atomic mass is 10.0. The van der Waals surface area contributed by atoms with Crippen molar-refractivity contribution in [3.05, 3.63) is 95.1 Å². The van der Waals surface area contributed by atoms with Gasteiger partial charge in [-0.1, -0.05) is 48.5 Å². The quantitative estimate of drug-likeness (QED) is 0.118. The number of nitrogens with one attached hydrogen (secondary N) is 2. The van der Waals surface area contributed by atoms with Gasteiger partial charge in [-0.25, -0.2) is 65.0 Å². The molecule has 0 unspecified atom stereocenters. The van der Waals surface area contributed by atoms with Crippen molar-refractivity contribution >= 4 is 44.1 Å². The van der Waals surface area contributed by atoms with E-state index in [1.807, 2.05) is 0 Å². The number of hydrogen-bond acceptors (Lipinski definition) is 6. The number of benzene rings is 4. The molecule has 4 aromatic carbocycles. The third-order valence-electron chi connectivity index (χ3n) is 11.1. The summed E-state index contributed by atoms with van der Waals surface area (Å²) in [6.45, 7) is 0. The second-order valence-corrected chi connectivity index (χ2v) is 16.1. The first-order valence-electron chi connectivity index (χ1n) is 19.9. The highest BCUT2D eigenvalue weighted by Crippen LogP contribution is 2.41. The molecule has 8 nitrogen and oxygen atoms in total. The Balaban J connectivity index is 1.38. The van der Waals surface area contributed by atoms with Crippen molar-refractivity contribution in [1.82, 2.24) is 39.9 Å². The SMILES string of the molecule is FC(F)C(F)(F)Cc1ccc2c(c1)-c1nc-2nc2[nH]c(nc3nc(nc4[nH]c(n1)c1ccc(CC(F)(F)C(F)F)cc41)-c1ccc(CC(F)(F)C(F)F)cc1-3)c1ccc(CC(F)(F)C(F)F)cc21. The summed E-state index contributed by atoms with van der Waals surface area (Å²) in [6.07, 6.45) is -22.0. The van der Waals surface area contributed by atoms with Gasteiger partial charge in [0.2, 0.25) is 0 Å². The van der Waals surface area contributed by atoms with E-state index in [1.54, 1.807) is 0 Å². The van der Waals surface area contributed by atoms with Crippen LogP contribution in [0.3, 0.4) is 0 Å². The van der Waals surface area contributed by atoms with E-state index in [2.05, 4.69) is 39.9 Å². The van der Waals surface area contributed by atoms with Crippen LogP contribution in [-0.2, 0) is 25.7 Å². The number of H-pyrrole nitrogens is 2. The fraction of sp³-hybridized carbons (Fsp3) is 0.273. The number of aromatic amines is 2. The molecule has 0 amide bonds. The molecule has 354 valence electrons. The maximum atomic E-state index is 14.4. The molecule has 3 aromatic heterocycles. The first-order chi connectivity index (χ1) is 31.9. The molecular formula is C44H26F16N8. The predicted molar refractivity (Wildman–Crippen MR) is 215 cm³/mol. The van der Waals surface area contributed by atoms with Gasteiger partial charge in [-0.15, -0.1) is 0 Å². The third-order valence-corrected chi connectivity index (χ3v) is 11.1. The van der Waals surface area contributed by atoms with Crippen molar-refractivity contribution in [3.63, 3.8) is 0 Å². The number of fused-ring (bicyclic) bond motifs is 20. The number of rotatable bonds is 12. The molecule has 0 saturated heterocycles. The molecule has 24 heteroatoms. The highest BCUT2D eigenvalue weighted by molar-refractivity contribution is 6.06. The van der Waals surface area contributed by atoms with E-state index >= 15 is 0 Å². The van der Waals surface area contributed by atoms with Gasteiger partial charge in [0.15, 0.2) is 23.3 Å². The first kappa shape index (κ1) is 46.2. The number of hydrogen-bond donors (Lipinski definition) is 2. The van der Waals surface area contributed by atoms with Crippen LogP contribution in [0.4, 0.5) is 70.2 Å². The molecule has 9 rings (SSSR count). The molecule has 0 radical (unpaired) electrons. The second-order valence-electron chi connectivity index (χ2n) is 16.1. The Hall–Kier alpha value is -6.88. The highest BCUT2D eigenvalue weighted by Gasteiger charge is 2.43. The zero-order valence-corrected chi connectivity index (χ0v) is 33.8. The average molecular weight is 971 g/mol. The summed E-state index contributed by atoms with van der Waals surface area (Å²) >= 11 is 0.